The molecule has 10 aromatic rings. The molecule has 56 heavy (non-hydrogen) atoms. The molecule has 0 bridgehead atoms. The summed E-state index contributed by atoms with van der Waals surface area (Å²) >= 11 is 0. The number of rotatable bonds is 2. The van der Waals surface area contributed by atoms with Gasteiger partial charge in [0.25, 0.3) is 6.71 Å². The largest absolute Gasteiger partial charge is 0.454 e. The number of fused-ring (bicyclic) bond motifs is 13. The zero-order valence-corrected chi connectivity index (χ0v) is 30.9. The van der Waals surface area contributed by atoms with Crippen LogP contribution in [0.4, 0.5) is 34.1 Å². The maximum Gasteiger partial charge on any atom is 0.252 e. The van der Waals surface area contributed by atoms with Gasteiger partial charge < -0.3 is 18.6 Å². The number of hydrogen-bond acceptors (Lipinski definition) is 4. The van der Waals surface area contributed by atoms with Gasteiger partial charge in [-0.25, -0.2) is 0 Å². The van der Waals surface area contributed by atoms with Crippen molar-refractivity contribution in [2.24, 2.45) is 0 Å². The second-order valence-electron chi connectivity index (χ2n) is 16.0. The fourth-order valence-electron chi connectivity index (χ4n) is 10.4. The predicted octanol–water partition coefficient (Wildman–Crippen LogP) is 11.9. The highest BCUT2D eigenvalue weighted by molar-refractivity contribution is 7.00. The van der Waals surface area contributed by atoms with Crippen molar-refractivity contribution in [3.05, 3.63) is 175 Å². The normalized spacial score (nSPS) is 14.6. The van der Waals surface area contributed by atoms with Gasteiger partial charge in [0.2, 0.25) is 0 Å². The van der Waals surface area contributed by atoms with Gasteiger partial charge in [-0.05, 0) is 93.2 Å². The average Bonchev–Trinajstić information content (AvgIpc) is 3.88. The maximum atomic E-state index is 6.89. The average molecular weight is 717 g/mol. The molecule has 0 amide bonds. The SMILES string of the molecule is CC1(C)c2ccccc2-c2ccc(N3c4ccccc4B4c5ccccc5N(c5c6oc7ccccc7c6cc6c5oc5ccccc56)c5cccc3c54)cc21. The van der Waals surface area contributed by atoms with E-state index >= 15 is 0 Å². The number of para-hydroxylation sites is 4. The van der Waals surface area contributed by atoms with Gasteiger partial charge in [0.15, 0.2) is 11.2 Å². The van der Waals surface area contributed by atoms with Gasteiger partial charge in [-0.2, -0.15) is 0 Å². The number of nitrogens with zero attached hydrogens (tertiary/aromatic N) is 2. The van der Waals surface area contributed by atoms with E-state index in [1.165, 1.54) is 50.0 Å². The first kappa shape index (κ1) is 30.4. The van der Waals surface area contributed by atoms with E-state index in [1.807, 2.05) is 12.1 Å². The summed E-state index contributed by atoms with van der Waals surface area (Å²) in [4.78, 5) is 4.92. The Morgan fingerprint density at radius 1 is 0.446 bits per heavy atom. The van der Waals surface area contributed by atoms with Crippen molar-refractivity contribution in [3.63, 3.8) is 0 Å². The van der Waals surface area contributed by atoms with Gasteiger partial charge in [0.05, 0.1) is 0 Å². The molecule has 0 saturated heterocycles. The van der Waals surface area contributed by atoms with Crippen LogP contribution in [0.2, 0.25) is 0 Å². The van der Waals surface area contributed by atoms with Crippen LogP contribution < -0.4 is 26.2 Å². The minimum Gasteiger partial charge on any atom is -0.454 e. The summed E-state index contributed by atoms with van der Waals surface area (Å²) in [5.41, 5.74) is 19.2. The van der Waals surface area contributed by atoms with E-state index in [0.29, 0.717) is 0 Å². The summed E-state index contributed by atoms with van der Waals surface area (Å²) in [5, 5.41) is 4.34. The van der Waals surface area contributed by atoms with Crippen LogP contribution in [0.3, 0.4) is 0 Å². The van der Waals surface area contributed by atoms with Gasteiger partial charge in [0, 0.05) is 55.4 Å². The fourth-order valence-corrected chi connectivity index (χ4v) is 10.4. The third kappa shape index (κ3) is 3.75. The van der Waals surface area contributed by atoms with E-state index < -0.39 is 0 Å². The molecule has 2 aliphatic heterocycles. The first-order valence-electron chi connectivity index (χ1n) is 19.5. The lowest BCUT2D eigenvalue weighted by Crippen LogP contribution is -2.61. The number of hydrogen-bond donors (Lipinski definition) is 0. The zero-order valence-electron chi connectivity index (χ0n) is 30.9. The third-order valence-corrected chi connectivity index (χ3v) is 12.8. The highest BCUT2D eigenvalue weighted by atomic mass is 16.3. The summed E-state index contributed by atoms with van der Waals surface area (Å²) in [6, 6.07) is 59.6. The standard InChI is InChI=1S/C51H33BN2O2/c1-51(2)37-17-6-3-14-31(37)32-27-26-30(28-38(32)51)53-41-20-9-7-18-39(41)52-40-19-8-10-21-42(40)54(44-23-13-22-43(53)47(44)52)48-49-35(33-15-4-11-24-45(33)55-49)29-36-34-16-5-12-25-46(34)56-50(36)48/h3-29H,1-2H3. The van der Waals surface area contributed by atoms with Gasteiger partial charge in [-0.3, -0.25) is 0 Å². The van der Waals surface area contributed by atoms with E-state index in [0.717, 1.165) is 66.6 Å². The topological polar surface area (TPSA) is 32.8 Å². The summed E-state index contributed by atoms with van der Waals surface area (Å²) in [6.45, 7) is 4.74. The van der Waals surface area contributed by atoms with E-state index in [4.69, 9.17) is 8.83 Å². The van der Waals surface area contributed by atoms with Crippen molar-refractivity contribution < 1.29 is 8.83 Å². The minimum absolute atomic E-state index is 0.0252. The first-order chi connectivity index (χ1) is 27.6. The van der Waals surface area contributed by atoms with Crippen molar-refractivity contribution in [2.75, 3.05) is 9.80 Å². The van der Waals surface area contributed by atoms with E-state index in [-0.39, 0.29) is 12.1 Å². The molecule has 0 spiro atoms. The van der Waals surface area contributed by atoms with E-state index in [1.54, 1.807) is 0 Å². The molecule has 0 fully saturated rings. The Morgan fingerprint density at radius 3 is 1.68 bits per heavy atom. The summed E-state index contributed by atoms with van der Waals surface area (Å²) in [5.74, 6) is 0. The smallest absolute Gasteiger partial charge is 0.252 e. The summed E-state index contributed by atoms with van der Waals surface area (Å²) < 4.78 is 13.8. The minimum atomic E-state index is -0.116. The first-order valence-corrected chi connectivity index (χ1v) is 19.5. The number of anilines is 6. The molecular formula is C51H33BN2O2. The monoisotopic (exact) mass is 716 g/mol. The van der Waals surface area contributed by atoms with Crippen molar-refractivity contribution in [1.29, 1.82) is 0 Å². The van der Waals surface area contributed by atoms with Crippen LogP contribution in [0.15, 0.2) is 173 Å². The molecule has 0 unspecified atom stereocenters. The zero-order chi connectivity index (χ0) is 36.9. The van der Waals surface area contributed by atoms with Crippen molar-refractivity contribution in [3.8, 4) is 11.1 Å². The second-order valence-corrected chi connectivity index (χ2v) is 16.0. The van der Waals surface area contributed by atoms with Crippen molar-refractivity contribution >= 4 is 101 Å². The molecule has 2 aromatic heterocycles. The van der Waals surface area contributed by atoms with Crippen LogP contribution in [-0.2, 0) is 5.41 Å². The molecule has 4 nitrogen and oxygen atoms in total. The Bertz CT molecular complexity index is 3250. The maximum absolute atomic E-state index is 6.89. The lowest BCUT2D eigenvalue weighted by Gasteiger charge is -2.44. The third-order valence-electron chi connectivity index (χ3n) is 12.8. The Labute approximate surface area is 323 Å². The molecule has 8 aromatic carbocycles. The van der Waals surface area contributed by atoms with Crippen LogP contribution in [-0.4, -0.2) is 6.71 Å². The summed E-state index contributed by atoms with van der Waals surface area (Å²) in [6.07, 6.45) is 0. The lowest BCUT2D eigenvalue weighted by atomic mass is 9.33. The Morgan fingerprint density at radius 2 is 0.982 bits per heavy atom. The Kier molecular flexibility index (Phi) is 5.76. The Hall–Kier alpha value is -6.98. The molecule has 0 saturated carbocycles. The molecular weight excluding hydrogens is 683 g/mol. The molecule has 0 radical (unpaired) electrons. The molecule has 5 heteroatoms. The van der Waals surface area contributed by atoms with Gasteiger partial charge >= 0.3 is 0 Å². The quantitative estimate of drug-likeness (QED) is 0.167. The van der Waals surface area contributed by atoms with Crippen LogP contribution in [0, 0.1) is 0 Å². The van der Waals surface area contributed by atoms with E-state index in [2.05, 4.69) is 175 Å². The van der Waals surface area contributed by atoms with Crippen LogP contribution in [0.1, 0.15) is 25.0 Å². The van der Waals surface area contributed by atoms with Crippen LogP contribution in [0.25, 0.3) is 55.0 Å². The second kappa shape index (κ2) is 10.6. The molecule has 4 heterocycles. The molecule has 1 aliphatic carbocycles. The highest BCUT2D eigenvalue weighted by Crippen LogP contribution is 2.53. The Balaban J connectivity index is 1.12. The number of furan rings is 2. The van der Waals surface area contributed by atoms with Gasteiger partial charge in [-0.15, -0.1) is 0 Å². The molecule has 0 N–H and O–H groups in total. The molecule has 262 valence electrons. The lowest BCUT2D eigenvalue weighted by molar-refractivity contribution is 0.656. The van der Waals surface area contributed by atoms with Crippen molar-refractivity contribution in [1.82, 2.24) is 0 Å². The predicted molar refractivity (Wildman–Crippen MR) is 233 cm³/mol. The van der Waals surface area contributed by atoms with Crippen LogP contribution >= 0.6 is 0 Å². The molecule has 3 aliphatic rings. The summed E-state index contributed by atoms with van der Waals surface area (Å²) in [7, 11) is 0. The van der Waals surface area contributed by atoms with E-state index in [9.17, 15) is 0 Å². The number of benzene rings is 8. The van der Waals surface area contributed by atoms with Gasteiger partial charge in [0.1, 0.15) is 16.9 Å². The van der Waals surface area contributed by atoms with Gasteiger partial charge in [-0.1, -0.05) is 123 Å². The fraction of sp³-hybridized carbons (Fsp3) is 0.0588. The highest BCUT2D eigenvalue weighted by Gasteiger charge is 2.44. The molecule has 0 atom stereocenters. The van der Waals surface area contributed by atoms with Crippen molar-refractivity contribution in [2.45, 2.75) is 19.3 Å². The molecule has 13 rings (SSSR count). The van der Waals surface area contributed by atoms with Crippen LogP contribution in [0.5, 0.6) is 0 Å².